The molecule has 0 amide bonds. The number of hydrogen-bond acceptors (Lipinski definition) is 4. The van der Waals surface area contributed by atoms with Gasteiger partial charge in [-0.1, -0.05) is 18.3 Å². The van der Waals surface area contributed by atoms with Crippen LogP contribution in [0.4, 0.5) is 0 Å². The number of para-hydroxylation sites is 1. The molecule has 0 aliphatic carbocycles. The van der Waals surface area contributed by atoms with Crippen molar-refractivity contribution in [1.82, 2.24) is 9.97 Å². The Morgan fingerprint density at radius 2 is 1.89 bits per heavy atom. The second-order valence-electron chi connectivity index (χ2n) is 4.17. The third-order valence-corrected chi connectivity index (χ3v) is 3.34. The second kappa shape index (κ2) is 5.40. The van der Waals surface area contributed by atoms with Crippen LogP contribution in [-0.4, -0.2) is 24.2 Å². The maximum absolute atomic E-state index is 5.46. The van der Waals surface area contributed by atoms with Crippen LogP contribution in [-0.2, 0) is 0 Å². The van der Waals surface area contributed by atoms with Gasteiger partial charge in [-0.3, -0.25) is 0 Å². The fourth-order valence-corrected chi connectivity index (χ4v) is 2.24. The van der Waals surface area contributed by atoms with Crippen LogP contribution in [0.2, 0.25) is 0 Å². The Bertz CT molecular complexity index is 665. The number of nitrogens with zero attached hydrogens (tertiary/aromatic N) is 1. The molecule has 0 saturated carbocycles. The van der Waals surface area contributed by atoms with Crippen LogP contribution in [0.5, 0.6) is 11.5 Å². The van der Waals surface area contributed by atoms with E-state index < -0.39 is 0 Å². The molecule has 19 heavy (non-hydrogen) atoms. The third-order valence-electron chi connectivity index (χ3n) is 2.94. The van der Waals surface area contributed by atoms with Crippen LogP contribution < -0.4 is 9.47 Å². The zero-order valence-electron chi connectivity index (χ0n) is 11.4. The van der Waals surface area contributed by atoms with Gasteiger partial charge in [0.05, 0.1) is 19.9 Å². The lowest BCUT2D eigenvalue weighted by Crippen LogP contribution is -1.99. The number of rotatable bonds is 3. The summed E-state index contributed by atoms with van der Waals surface area (Å²) in [6.45, 7) is 3.82. The quantitative estimate of drug-likeness (QED) is 0.872. The van der Waals surface area contributed by atoms with E-state index >= 15 is 0 Å². The third kappa shape index (κ3) is 2.46. The number of methoxy groups -OCH3 is 2. The van der Waals surface area contributed by atoms with E-state index in [1.54, 1.807) is 14.2 Å². The van der Waals surface area contributed by atoms with Gasteiger partial charge in [0.15, 0.2) is 11.5 Å². The summed E-state index contributed by atoms with van der Waals surface area (Å²) in [6, 6.07) is 5.75. The lowest BCUT2D eigenvalue weighted by atomic mass is 10.1. The smallest absolute Gasteiger partial charge is 0.170 e. The molecule has 0 atom stereocenters. The summed E-state index contributed by atoms with van der Waals surface area (Å²) < 4.78 is 11.4. The number of ether oxygens (including phenoxy) is 2. The normalized spacial score (nSPS) is 10.3. The average molecular weight is 276 g/mol. The monoisotopic (exact) mass is 276 g/mol. The molecular formula is C14H16N2O2S. The van der Waals surface area contributed by atoms with Crippen LogP contribution >= 0.6 is 12.2 Å². The summed E-state index contributed by atoms with van der Waals surface area (Å²) in [5, 5.41) is 0. The molecule has 0 spiro atoms. The minimum absolute atomic E-state index is 0.594. The second-order valence-corrected chi connectivity index (χ2v) is 4.56. The highest BCUT2D eigenvalue weighted by atomic mass is 32.1. The van der Waals surface area contributed by atoms with Gasteiger partial charge >= 0.3 is 0 Å². The maximum Gasteiger partial charge on any atom is 0.170 e. The minimum atomic E-state index is 0.594. The van der Waals surface area contributed by atoms with E-state index in [0.717, 1.165) is 22.6 Å². The summed E-state index contributed by atoms with van der Waals surface area (Å²) in [5.74, 6) is 2.15. The summed E-state index contributed by atoms with van der Waals surface area (Å²) in [6.07, 6.45) is 0. The Kier molecular flexibility index (Phi) is 3.85. The molecule has 2 rings (SSSR count). The van der Waals surface area contributed by atoms with Crippen molar-refractivity contribution in [3.63, 3.8) is 0 Å². The predicted molar refractivity (Wildman–Crippen MR) is 77.4 cm³/mol. The first-order valence-electron chi connectivity index (χ1n) is 5.87. The number of aromatic nitrogens is 2. The van der Waals surface area contributed by atoms with Gasteiger partial charge in [0.2, 0.25) is 0 Å². The highest BCUT2D eigenvalue weighted by Crippen LogP contribution is 2.38. The zero-order chi connectivity index (χ0) is 14.0. The molecule has 1 heterocycles. The molecule has 0 unspecified atom stereocenters. The molecule has 1 aromatic heterocycles. The number of aryl methyl sites for hydroxylation is 1. The van der Waals surface area contributed by atoms with Crippen LogP contribution in [0.25, 0.3) is 11.3 Å². The molecule has 100 valence electrons. The number of hydrogen-bond donors (Lipinski definition) is 1. The molecule has 5 heteroatoms. The summed E-state index contributed by atoms with van der Waals surface area (Å²) >= 11 is 5.27. The standard InChI is InChI=1S/C14H16N2O2S/c1-8-12(15-9(2)16-14(8)19)10-6-5-7-11(17-3)13(10)18-4/h5-7H,1-4H3,(H,15,16,19). The average Bonchev–Trinajstić information content (AvgIpc) is 2.41. The highest BCUT2D eigenvalue weighted by Gasteiger charge is 2.14. The molecule has 2 aromatic rings. The van der Waals surface area contributed by atoms with Crippen LogP contribution in [0.3, 0.4) is 0 Å². The Balaban J connectivity index is 2.75. The highest BCUT2D eigenvalue weighted by molar-refractivity contribution is 7.71. The van der Waals surface area contributed by atoms with Gasteiger partial charge in [-0.2, -0.15) is 0 Å². The Hall–Kier alpha value is -1.88. The molecule has 4 nitrogen and oxygen atoms in total. The Morgan fingerprint density at radius 3 is 2.53 bits per heavy atom. The predicted octanol–water partition coefficient (Wildman–Crippen LogP) is 3.44. The molecule has 0 aliphatic rings. The fraction of sp³-hybridized carbons (Fsp3) is 0.286. The summed E-state index contributed by atoms with van der Waals surface area (Å²) in [5.41, 5.74) is 2.75. The van der Waals surface area contributed by atoms with E-state index in [-0.39, 0.29) is 0 Å². The van der Waals surface area contributed by atoms with E-state index in [1.165, 1.54) is 0 Å². The van der Waals surface area contributed by atoms with Gasteiger partial charge in [-0.25, -0.2) is 4.98 Å². The zero-order valence-corrected chi connectivity index (χ0v) is 12.2. The first-order valence-corrected chi connectivity index (χ1v) is 6.28. The largest absolute Gasteiger partial charge is 0.493 e. The molecule has 1 aromatic carbocycles. The minimum Gasteiger partial charge on any atom is -0.493 e. The van der Waals surface area contributed by atoms with Gasteiger partial charge < -0.3 is 14.5 Å². The molecule has 0 fully saturated rings. The van der Waals surface area contributed by atoms with E-state index in [4.69, 9.17) is 21.7 Å². The van der Waals surface area contributed by atoms with E-state index in [9.17, 15) is 0 Å². The first kappa shape index (κ1) is 13.5. The van der Waals surface area contributed by atoms with Crippen molar-refractivity contribution >= 4 is 12.2 Å². The SMILES string of the molecule is COc1cccc(-c2[nH]c(C)nc(=S)c2C)c1OC. The molecule has 0 aliphatic heterocycles. The van der Waals surface area contributed by atoms with Crippen molar-refractivity contribution in [2.45, 2.75) is 13.8 Å². The van der Waals surface area contributed by atoms with Crippen LogP contribution in [0.1, 0.15) is 11.4 Å². The van der Waals surface area contributed by atoms with E-state index in [0.29, 0.717) is 16.1 Å². The molecule has 0 radical (unpaired) electrons. The van der Waals surface area contributed by atoms with Crippen LogP contribution in [0, 0.1) is 18.5 Å². The van der Waals surface area contributed by atoms with Gasteiger partial charge in [0.1, 0.15) is 10.5 Å². The van der Waals surface area contributed by atoms with E-state index in [2.05, 4.69) is 9.97 Å². The number of aromatic amines is 1. The topological polar surface area (TPSA) is 47.1 Å². The van der Waals surface area contributed by atoms with Crippen molar-refractivity contribution < 1.29 is 9.47 Å². The van der Waals surface area contributed by atoms with Gasteiger partial charge in [0.25, 0.3) is 0 Å². The van der Waals surface area contributed by atoms with Crippen molar-refractivity contribution in [1.29, 1.82) is 0 Å². The van der Waals surface area contributed by atoms with Crippen molar-refractivity contribution in [3.05, 3.63) is 34.2 Å². The number of benzene rings is 1. The van der Waals surface area contributed by atoms with Crippen molar-refractivity contribution in [3.8, 4) is 22.8 Å². The molecule has 1 N–H and O–H groups in total. The Labute approximate surface area is 117 Å². The number of H-pyrrole nitrogens is 1. The van der Waals surface area contributed by atoms with Crippen molar-refractivity contribution in [2.75, 3.05) is 14.2 Å². The fourth-order valence-electron chi connectivity index (χ4n) is 2.00. The molecule has 0 bridgehead atoms. The number of nitrogens with one attached hydrogen (secondary N) is 1. The maximum atomic E-state index is 5.46. The van der Waals surface area contributed by atoms with Crippen LogP contribution in [0.15, 0.2) is 18.2 Å². The Morgan fingerprint density at radius 1 is 1.16 bits per heavy atom. The van der Waals surface area contributed by atoms with E-state index in [1.807, 2.05) is 32.0 Å². The summed E-state index contributed by atoms with van der Waals surface area (Å²) in [7, 11) is 3.24. The van der Waals surface area contributed by atoms with Gasteiger partial charge in [0, 0.05) is 11.1 Å². The summed E-state index contributed by atoms with van der Waals surface area (Å²) in [4.78, 5) is 7.49. The lowest BCUT2D eigenvalue weighted by molar-refractivity contribution is 0.356. The lowest BCUT2D eigenvalue weighted by Gasteiger charge is -2.14. The molecule has 0 saturated heterocycles. The molecular weight excluding hydrogens is 260 g/mol. The first-order chi connectivity index (χ1) is 9.08. The van der Waals surface area contributed by atoms with Gasteiger partial charge in [-0.05, 0) is 26.0 Å². The van der Waals surface area contributed by atoms with Crippen molar-refractivity contribution in [2.24, 2.45) is 0 Å². The van der Waals surface area contributed by atoms with Gasteiger partial charge in [-0.15, -0.1) is 0 Å².